The van der Waals surface area contributed by atoms with E-state index in [4.69, 9.17) is 4.74 Å². The molecular formula is C20H27F3IN5O. The van der Waals surface area contributed by atoms with E-state index in [-0.39, 0.29) is 36.3 Å². The number of rotatable bonds is 5. The Balaban J connectivity index is 0.00000320. The molecule has 3 rings (SSSR count). The van der Waals surface area contributed by atoms with Gasteiger partial charge in [-0.25, -0.2) is 4.98 Å². The summed E-state index contributed by atoms with van der Waals surface area (Å²) in [5.41, 5.74) is -0.766. The minimum atomic E-state index is -4.44. The third-order valence-corrected chi connectivity index (χ3v) is 5.17. The Morgan fingerprint density at radius 3 is 2.77 bits per heavy atom. The molecule has 10 heteroatoms. The summed E-state index contributed by atoms with van der Waals surface area (Å²) in [4.78, 5) is 10.6. The van der Waals surface area contributed by atoms with Crippen molar-refractivity contribution in [1.82, 2.24) is 19.8 Å². The van der Waals surface area contributed by atoms with E-state index in [9.17, 15) is 13.2 Å². The monoisotopic (exact) mass is 537 g/mol. The van der Waals surface area contributed by atoms with Crippen LogP contribution in [-0.4, -0.2) is 53.7 Å². The van der Waals surface area contributed by atoms with E-state index in [1.165, 1.54) is 18.2 Å². The van der Waals surface area contributed by atoms with Crippen molar-refractivity contribution in [2.75, 3.05) is 33.3 Å². The van der Waals surface area contributed by atoms with Crippen LogP contribution in [0.1, 0.15) is 24.9 Å². The van der Waals surface area contributed by atoms with Crippen LogP contribution in [0.25, 0.3) is 0 Å². The normalized spacial score (nSPS) is 19.9. The Morgan fingerprint density at radius 2 is 2.10 bits per heavy atom. The molecule has 2 unspecified atom stereocenters. The number of likely N-dealkylation sites (tertiary alicyclic amines) is 1. The summed E-state index contributed by atoms with van der Waals surface area (Å²) in [5.74, 6) is 1.07. The first-order valence-corrected chi connectivity index (χ1v) is 9.62. The SMILES string of the molecule is CN=C(NCCOc1ccccc1C(F)(F)F)N1CCC(C)C(n2ccnc2)C1.I. The largest absolute Gasteiger partial charge is 0.491 e. The maximum absolute atomic E-state index is 13.0. The highest BCUT2D eigenvalue weighted by molar-refractivity contribution is 14.0. The number of piperidine rings is 1. The Morgan fingerprint density at radius 1 is 1.33 bits per heavy atom. The van der Waals surface area contributed by atoms with E-state index in [0.717, 1.165) is 31.5 Å². The molecule has 2 heterocycles. The van der Waals surface area contributed by atoms with Crippen LogP contribution in [0.3, 0.4) is 0 Å². The average molecular weight is 537 g/mol. The van der Waals surface area contributed by atoms with E-state index >= 15 is 0 Å². The van der Waals surface area contributed by atoms with Crippen LogP contribution in [-0.2, 0) is 6.18 Å². The van der Waals surface area contributed by atoms with Crippen LogP contribution in [0.4, 0.5) is 13.2 Å². The molecule has 0 aliphatic carbocycles. The molecule has 6 nitrogen and oxygen atoms in total. The maximum atomic E-state index is 13.0. The van der Waals surface area contributed by atoms with Gasteiger partial charge >= 0.3 is 6.18 Å². The van der Waals surface area contributed by atoms with E-state index in [1.54, 1.807) is 13.2 Å². The Hall–Kier alpha value is -1.98. The zero-order valence-corrected chi connectivity index (χ0v) is 19.3. The number of hydrogen-bond donors (Lipinski definition) is 1. The van der Waals surface area contributed by atoms with Crippen molar-refractivity contribution in [2.24, 2.45) is 10.9 Å². The summed E-state index contributed by atoms with van der Waals surface area (Å²) < 4.78 is 46.6. The number of aliphatic imine (C=N–C) groups is 1. The van der Waals surface area contributed by atoms with Gasteiger partial charge in [-0.05, 0) is 24.5 Å². The predicted molar refractivity (Wildman–Crippen MR) is 120 cm³/mol. The Labute approximate surface area is 191 Å². The lowest BCUT2D eigenvalue weighted by Crippen LogP contribution is -2.49. The van der Waals surface area contributed by atoms with Gasteiger partial charge in [0.25, 0.3) is 0 Å². The molecule has 2 aromatic rings. The Kier molecular flexibility index (Phi) is 8.80. The van der Waals surface area contributed by atoms with Crippen molar-refractivity contribution in [3.63, 3.8) is 0 Å². The molecule has 0 amide bonds. The van der Waals surface area contributed by atoms with Gasteiger partial charge in [-0.3, -0.25) is 4.99 Å². The van der Waals surface area contributed by atoms with Crippen molar-refractivity contribution in [3.05, 3.63) is 48.5 Å². The lowest BCUT2D eigenvalue weighted by molar-refractivity contribution is -0.138. The number of guanidine groups is 1. The van der Waals surface area contributed by atoms with Crippen molar-refractivity contribution < 1.29 is 17.9 Å². The third-order valence-electron chi connectivity index (χ3n) is 5.17. The van der Waals surface area contributed by atoms with Crippen LogP contribution in [0.5, 0.6) is 5.75 Å². The fraction of sp³-hybridized carbons (Fsp3) is 0.500. The second-order valence-electron chi connectivity index (χ2n) is 7.11. The van der Waals surface area contributed by atoms with E-state index < -0.39 is 11.7 Å². The van der Waals surface area contributed by atoms with Crippen LogP contribution >= 0.6 is 24.0 Å². The number of alkyl halides is 3. The van der Waals surface area contributed by atoms with Gasteiger partial charge in [0.15, 0.2) is 5.96 Å². The summed E-state index contributed by atoms with van der Waals surface area (Å²) in [5, 5.41) is 3.19. The second-order valence-corrected chi connectivity index (χ2v) is 7.11. The molecule has 30 heavy (non-hydrogen) atoms. The number of benzene rings is 1. The predicted octanol–water partition coefficient (Wildman–Crippen LogP) is 4.06. The summed E-state index contributed by atoms with van der Waals surface area (Å²) >= 11 is 0. The topological polar surface area (TPSA) is 54.7 Å². The summed E-state index contributed by atoms with van der Waals surface area (Å²) in [6, 6.07) is 5.53. The third kappa shape index (κ3) is 6.02. The van der Waals surface area contributed by atoms with Gasteiger partial charge in [0.2, 0.25) is 0 Å². The van der Waals surface area contributed by atoms with Crippen molar-refractivity contribution in [1.29, 1.82) is 0 Å². The number of para-hydroxylation sites is 1. The molecule has 2 atom stereocenters. The molecule has 1 aromatic heterocycles. The number of nitrogens with zero attached hydrogens (tertiary/aromatic N) is 4. The summed E-state index contributed by atoms with van der Waals surface area (Å²) in [6.45, 7) is 4.32. The van der Waals surface area contributed by atoms with E-state index in [0.29, 0.717) is 18.5 Å². The number of nitrogens with one attached hydrogen (secondary N) is 1. The smallest absolute Gasteiger partial charge is 0.419 e. The molecule has 1 fully saturated rings. The number of imidazole rings is 1. The zero-order chi connectivity index (χ0) is 20.9. The number of aromatic nitrogens is 2. The molecule has 0 saturated carbocycles. The van der Waals surface area contributed by atoms with Crippen LogP contribution in [0, 0.1) is 5.92 Å². The first-order valence-electron chi connectivity index (χ1n) is 9.62. The average Bonchev–Trinajstić information content (AvgIpc) is 3.23. The lowest BCUT2D eigenvalue weighted by atomic mass is 9.93. The van der Waals surface area contributed by atoms with Gasteiger partial charge in [-0.1, -0.05) is 19.1 Å². The van der Waals surface area contributed by atoms with Crippen LogP contribution in [0.15, 0.2) is 48.0 Å². The minimum absolute atomic E-state index is 0. The van der Waals surface area contributed by atoms with Crippen LogP contribution < -0.4 is 10.1 Å². The van der Waals surface area contributed by atoms with Gasteiger partial charge < -0.3 is 19.5 Å². The molecule has 1 aromatic carbocycles. The summed E-state index contributed by atoms with van der Waals surface area (Å²) in [6.07, 6.45) is 2.14. The second kappa shape index (κ2) is 10.9. The van der Waals surface area contributed by atoms with Gasteiger partial charge in [0.05, 0.1) is 24.5 Å². The molecule has 1 saturated heterocycles. The molecule has 1 aliphatic heterocycles. The zero-order valence-electron chi connectivity index (χ0n) is 17.0. The highest BCUT2D eigenvalue weighted by Crippen LogP contribution is 2.35. The van der Waals surface area contributed by atoms with Crippen molar-refractivity contribution >= 4 is 29.9 Å². The van der Waals surface area contributed by atoms with E-state index in [1.807, 2.05) is 12.5 Å². The van der Waals surface area contributed by atoms with E-state index in [2.05, 4.69) is 31.7 Å². The number of ether oxygens (including phenoxy) is 1. The minimum Gasteiger partial charge on any atom is -0.491 e. The van der Waals surface area contributed by atoms with Crippen molar-refractivity contribution in [3.8, 4) is 5.75 Å². The first-order chi connectivity index (χ1) is 13.9. The standard InChI is InChI=1S/C20H26F3N5O.HI/c1-15-7-10-27(13-17(15)28-11-8-25-14-28)19(24-2)26-9-12-29-18-6-4-3-5-16(18)20(21,22)23;/h3-6,8,11,14-15,17H,7,9-10,12-13H2,1-2H3,(H,24,26);1H. The molecule has 1 aliphatic rings. The summed E-state index contributed by atoms with van der Waals surface area (Å²) in [7, 11) is 1.70. The maximum Gasteiger partial charge on any atom is 0.419 e. The van der Waals surface area contributed by atoms with Crippen LogP contribution in [0.2, 0.25) is 0 Å². The van der Waals surface area contributed by atoms with Gasteiger partial charge in [0.1, 0.15) is 12.4 Å². The quantitative estimate of drug-likeness (QED) is 0.271. The highest BCUT2D eigenvalue weighted by Gasteiger charge is 2.34. The Bertz CT molecular complexity index is 813. The first kappa shape index (κ1) is 24.3. The lowest BCUT2D eigenvalue weighted by Gasteiger charge is -2.39. The molecular weight excluding hydrogens is 510 g/mol. The fourth-order valence-corrected chi connectivity index (χ4v) is 3.58. The fourth-order valence-electron chi connectivity index (χ4n) is 3.58. The van der Waals surface area contributed by atoms with Gasteiger partial charge in [0, 0.05) is 32.5 Å². The highest BCUT2D eigenvalue weighted by atomic mass is 127. The molecule has 0 radical (unpaired) electrons. The number of halogens is 4. The van der Waals surface area contributed by atoms with Crippen molar-refractivity contribution in [2.45, 2.75) is 25.6 Å². The molecule has 166 valence electrons. The molecule has 0 bridgehead atoms. The molecule has 1 N–H and O–H groups in total. The van der Waals surface area contributed by atoms with Gasteiger partial charge in [-0.2, -0.15) is 13.2 Å². The van der Waals surface area contributed by atoms with Gasteiger partial charge in [-0.15, -0.1) is 24.0 Å². The molecule has 0 spiro atoms. The number of hydrogen-bond acceptors (Lipinski definition) is 3.